The van der Waals surface area contributed by atoms with Gasteiger partial charge < -0.3 is 15.4 Å². The normalized spacial score (nSPS) is 10.6. The van der Waals surface area contributed by atoms with E-state index in [1.54, 1.807) is 54.5 Å². The summed E-state index contributed by atoms with van der Waals surface area (Å²) in [7, 11) is 1.58. The molecule has 0 bridgehead atoms. The Bertz CT molecular complexity index is 842. The predicted molar refractivity (Wildman–Crippen MR) is 118 cm³/mol. The van der Waals surface area contributed by atoms with Crippen LogP contribution < -0.4 is 20.3 Å². The fourth-order valence-electron chi connectivity index (χ4n) is 2.53. The zero-order chi connectivity index (χ0) is 21.4. The van der Waals surface area contributed by atoms with Crippen LogP contribution in [0.25, 0.3) is 0 Å². The standard InChI is InChI=1S/C21H25Cl2N3O3/c1-14(2)20(27)24-11-4-12-26(16-6-8-17(29-3)9-7-16)21(28)25-15-5-10-18(22)19(23)13-15/h5-10,13-14H,4,11-12H2,1-3H3,(H,24,27)(H,25,28). The van der Waals surface area contributed by atoms with E-state index in [4.69, 9.17) is 27.9 Å². The van der Waals surface area contributed by atoms with Crippen molar-refractivity contribution >= 4 is 46.5 Å². The van der Waals surface area contributed by atoms with Crippen LogP contribution in [0.5, 0.6) is 5.75 Å². The molecule has 156 valence electrons. The highest BCUT2D eigenvalue weighted by Crippen LogP contribution is 2.26. The van der Waals surface area contributed by atoms with Gasteiger partial charge in [0, 0.05) is 30.4 Å². The first-order valence-electron chi connectivity index (χ1n) is 9.27. The zero-order valence-electron chi connectivity index (χ0n) is 16.7. The number of rotatable bonds is 8. The van der Waals surface area contributed by atoms with E-state index in [1.165, 1.54) is 0 Å². The molecule has 2 N–H and O–H groups in total. The molecule has 0 saturated heterocycles. The summed E-state index contributed by atoms with van der Waals surface area (Å²) in [5.41, 5.74) is 1.24. The van der Waals surface area contributed by atoms with Crippen LogP contribution in [-0.4, -0.2) is 32.1 Å². The molecule has 3 amide bonds. The molecule has 29 heavy (non-hydrogen) atoms. The van der Waals surface area contributed by atoms with Gasteiger partial charge >= 0.3 is 6.03 Å². The molecule has 0 spiro atoms. The minimum absolute atomic E-state index is 0.0127. The van der Waals surface area contributed by atoms with Crippen molar-refractivity contribution in [1.29, 1.82) is 0 Å². The first-order chi connectivity index (χ1) is 13.8. The van der Waals surface area contributed by atoms with Crippen LogP contribution in [0.3, 0.4) is 0 Å². The van der Waals surface area contributed by atoms with Crippen molar-refractivity contribution in [3.63, 3.8) is 0 Å². The van der Waals surface area contributed by atoms with Crippen molar-refractivity contribution in [1.82, 2.24) is 5.32 Å². The number of amides is 3. The Morgan fingerprint density at radius 3 is 2.34 bits per heavy atom. The molecule has 2 aromatic rings. The molecule has 0 aliphatic rings. The molecular weight excluding hydrogens is 413 g/mol. The number of nitrogens with one attached hydrogen (secondary N) is 2. The Balaban J connectivity index is 2.10. The first kappa shape index (κ1) is 22.8. The number of urea groups is 1. The third-order valence-electron chi connectivity index (χ3n) is 4.18. The van der Waals surface area contributed by atoms with E-state index in [0.29, 0.717) is 46.7 Å². The van der Waals surface area contributed by atoms with E-state index < -0.39 is 0 Å². The molecule has 0 radical (unpaired) electrons. The molecule has 0 unspecified atom stereocenters. The van der Waals surface area contributed by atoms with E-state index in [0.717, 1.165) is 0 Å². The fraction of sp³-hybridized carbons (Fsp3) is 0.333. The number of nitrogens with zero attached hydrogens (tertiary/aromatic N) is 1. The number of carbonyl (C=O) groups is 2. The lowest BCUT2D eigenvalue weighted by atomic mass is 10.2. The van der Waals surface area contributed by atoms with E-state index >= 15 is 0 Å². The Kier molecular flexibility index (Phi) is 8.61. The number of hydrogen-bond acceptors (Lipinski definition) is 3. The van der Waals surface area contributed by atoms with Crippen LogP contribution in [0, 0.1) is 5.92 Å². The third-order valence-corrected chi connectivity index (χ3v) is 4.92. The minimum atomic E-state index is -0.316. The van der Waals surface area contributed by atoms with Crippen molar-refractivity contribution in [3.05, 3.63) is 52.5 Å². The van der Waals surface area contributed by atoms with E-state index in [1.807, 2.05) is 13.8 Å². The predicted octanol–water partition coefficient (Wildman–Crippen LogP) is 5.20. The maximum Gasteiger partial charge on any atom is 0.326 e. The molecule has 0 heterocycles. The summed E-state index contributed by atoms with van der Waals surface area (Å²) in [6, 6.07) is 11.8. The summed E-state index contributed by atoms with van der Waals surface area (Å²) in [6.45, 7) is 4.56. The lowest BCUT2D eigenvalue weighted by Gasteiger charge is -2.24. The van der Waals surface area contributed by atoms with Gasteiger partial charge in [-0.15, -0.1) is 0 Å². The molecule has 8 heteroatoms. The number of ether oxygens (including phenoxy) is 1. The maximum absolute atomic E-state index is 12.9. The second kappa shape index (κ2) is 10.9. The topological polar surface area (TPSA) is 70.7 Å². The van der Waals surface area contributed by atoms with Crippen molar-refractivity contribution in [2.45, 2.75) is 20.3 Å². The van der Waals surface area contributed by atoms with Crippen molar-refractivity contribution in [3.8, 4) is 5.75 Å². The molecule has 0 fully saturated rings. The second-order valence-corrected chi connectivity index (χ2v) is 7.52. The second-order valence-electron chi connectivity index (χ2n) is 6.71. The fourth-order valence-corrected chi connectivity index (χ4v) is 2.83. The number of carbonyl (C=O) groups excluding carboxylic acids is 2. The van der Waals surface area contributed by atoms with Gasteiger partial charge in [-0.05, 0) is 48.9 Å². The molecular formula is C21H25Cl2N3O3. The summed E-state index contributed by atoms with van der Waals surface area (Å²) in [5, 5.41) is 6.46. The van der Waals surface area contributed by atoms with Gasteiger partial charge in [-0.3, -0.25) is 9.69 Å². The van der Waals surface area contributed by atoms with Crippen LogP contribution in [0.15, 0.2) is 42.5 Å². The zero-order valence-corrected chi connectivity index (χ0v) is 18.2. The molecule has 6 nitrogen and oxygen atoms in total. The van der Waals surface area contributed by atoms with Gasteiger partial charge in [0.2, 0.25) is 5.91 Å². The van der Waals surface area contributed by atoms with Crippen LogP contribution in [0.1, 0.15) is 20.3 Å². The van der Waals surface area contributed by atoms with Gasteiger partial charge in [0.05, 0.1) is 17.2 Å². The van der Waals surface area contributed by atoms with Crippen LogP contribution in [0.4, 0.5) is 16.2 Å². The highest BCUT2D eigenvalue weighted by molar-refractivity contribution is 6.42. The number of benzene rings is 2. The van der Waals surface area contributed by atoms with Crippen LogP contribution >= 0.6 is 23.2 Å². The molecule has 2 aromatic carbocycles. The Labute approximate surface area is 181 Å². The van der Waals surface area contributed by atoms with E-state index in [2.05, 4.69) is 10.6 Å². The molecule has 0 aromatic heterocycles. The van der Waals surface area contributed by atoms with Gasteiger partial charge in [0.1, 0.15) is 5.75 Å². The molecule has 2 rings (SSSR count). The van der Waals surface area contributed by atoms with Gasteiger partial charge in [-0.25, -0.2) is 4.79 Å². The Morgan fingerprint density at radius 2 is 1.76 bits per heavy atom. The monoisotopic (exact) mass is 437 g/mol. The van der Waals surface area contributed by atoms with Crippen molar-refractivity contribution < 1.29 is 14.3 Å². The number of anilines is 2. The number of halogens is 2. The average Bonchev–Trinajstić information content (AvgIpc) is 2.70. The highest BCUT2D eigenvalue weighted by atomic mass is 35.5. The SMILES string of the molecule is COc1ccc(N(CCCNC(=O)C(C)C)C(=O)Nc2ccc(Cl)c(Cl)c2)cc1. The lowest BCUT2D eigenvalue weighted by molar-refractivity contribution is -0.123. The lowest BCUT2D eigenvalue weighted by Crippen LogP contribution is -2.38. The van der Waals surface area contributed by atoms with Crippen LogP contribution in [-0.2, 0) is 4.79 Å². The molecule has 0 saturated carbocycles. The summed E-state index contributed by atoms with van der Waals surface area (Å²) >= 11 is 12.0. The summed E-state index contributed by atoms with van der Waals surface area (Å²) in [4.78, 5) is 26.2. The van der Waals surface area contributed by atoms with Crippen molar-refractivity contribution in [2.24, 2.45) is 5.92 Å². The molecule has 0 aliphatic carbocycles. The third kappa shape index (κ3) is 6.84. The Hall–Kier alpha value is -2.44. The molecule has 0 atom stereocenters. The van der Waals surface area contributed by atoms with Crippen molar-refractivity contribution in [2.75, 3.05) is 30.4 Å². The Morgan fingerprint density at radius 1 is 1.07 bits per heavy atom. The van der Waals surface area contributed by atoms with E-state index in [-0.39, 0.29) is 17.9 Å². The number of hydrogen-bond donors (Lipinski definition) is 2. The van der Waals surface area contributed by atoms with Gasteiger partial charge in [0.15, 0.2) is 0 Å². The van der Waals surface area contributed by atoms with Crippen LogP contribution in [0.2, 0.25) is 10.0 Å². The first-order valence-corrected chi connectivity index (χ1v) is 10.0. The van der Waals surface area contributed by atoms with Gasteiger partial charge in [-0.2, -0.15) is 0 Å². The quantitative estimate of drug-likeness (QED) is 0.557. The largest absolute Gasteiger partial charge is 0.497 e. The molecule has 0 aliphatic heterocycles. The van der Waals surface area contributed by atoms with E-state index in [9.17, 15) is 9.59 Å². The summed E-state index contributed by atoms with van der Waals surface area (Å²) in [5.74, 6) is 0.606. The maximum atomic E-state index is 12.9. The smallest absolute Gasteiger partial charge is 0.326 e. The summed E-state index contributed by atoms with van der Waals surface area (Å²) in [6.07, 6.45) is 0.597. The summed E-state index contributed by atoms with van der Waals surface area (Å²) < 4.78 is 5.18. The van der Waals surface area contributed by atoms with Gasteiger partial charge in [0.25, 0.3) is 0 Å². The minimum Gasteiger partial charge on any atom is -0.497 e. The van der Waals surface area contributed by atoms with Gasteiger partial charge in [-0.1, -0.05) is 37.0 Å². The average molecular weight is 438 g/mol. The highest BCUT2D eigenvalue weighted by Gasteiger charge is 2.17. The number of methoxy groups -OCH3 is 1.